The molecule has 1 aromatic heterocycles. The number of halogens is 2. The van der Waals surface area contributed by atoms with E-state index in [9.17, 15) is 4.79 Å². The molecular formula is C13H13BrIN3O2. The van der Waals surface area contributed by atoms with Gasteiger partial charge in [-0.25, -0.2) is 0 Å². The van der Waals surface area contributed by atoms with Gasteiger partial charge in [0, 0.05) is 15.0 Å². The van der Waals surface area contributed by atoms with Crippen LogP contribution < -0.4 is 5.32 Å². The van der Waals surface area contributed by atoms with E-state index in [1.54, 1.807) is 13.0 Å². The van der Waals surface area contributed by atoms with Crippen LogP contribution in [0.4, 0.5) is 0 Å². The van der Waals surface area contributed by atoms with Gasteiger partial charge in [0.05, 0.1) is 11.1 Å². The molecule has 0 aliphatic carbocycles. The van der Waals surface area contributed by atoms with Crippen LogP contribution in [-0.4, -0.2) is 16.0 Å². The minimum absolute atomic E-state index is 0.178. The number of nitrogens with zero attached hydrogens (tertiary/aromatic N) is 2. The Labute approximate surface area is 138 Å². The molecule has 2 rings (SSSR count). The van der Waals surface area contributed by atoms with Gasteiger partial charge in [0.1, 0.15) is 0 Å². The summed E-state index contributed by atoms with van der Waals surface area (Å²) >= 11 is 5.50. The van der Waals surface area contributed by atoms with Crippen LogP contribution in [0.25, 0.3) is 0 Å². The van der Waals surface area contributed by atoms with Crippen molar-refractivity contribution in [3.05, 3.63) is 43.5 Å². The van der Waals surface area contributed by atoms with Crippen LogP contribution in [-0.2, 0) is 5.54 Å². The number of carbonyl (C=O) groups excluding carboxylic acids is 1. The van der Waals surface area contributed by atoms with Crippen molar-refractivity contribution in [2.24, 2.45) is 0 Å². The Kier molecular flexibility index (Phi) is 4.48. The van der Waals surface area contributed by atoms with Crippen molar-refractivity contribution < 1.29 is 9.32 Å². The number of benzene rings is 1. The van der Waals surface area contributed by atoms with Gasteiger partial charge < -0.3 is 9.84 Å². The average Bonchev–Trinajstić information content (AvgIpc) is 2.79. The van der Waals surface area contributed by atoms with Crippen LogP contribution in [0, 0.1) is 10.5 Å². The van der Waals surface area contributed by atoms with Crippen LogP contribution >= 0.6 is 38.5 Å². The van der Waals surface area contributed by atoms with Gasteiger partial charge in [-0.1, -0.05) is 21.1 Å². The molecular weight excluding hydrogens is 437 g/mol. The second kappa shape index (κ2) is 5.80. The second-order valence-corrected chi connectivity index (χ2v) is 6.92. The third kappa shape index (κ3) is 3.38. The van der Waals surface area contributed by atoms with E-state index < -0.39 is 5.54 Å². The summed E-state index contributed by atoms with van der Waals surface area (Å²) < 4.78 is 6.70. The summed E-state index contributed by atoms with van der Waals surface area (Å²) in [6.45, 7) is 5.38. The molecule has 1 aromatic carbocycles. The third-order valence-electron chi connectivity index (χ3n) is 2.69. The van der Waals surface area contributed by atoms with E-state index in [0.717, 1.165) is 8.04 Å². The summed E-state index contributed by atoms with van der Waals surface area (Å²) in [5.41, 5.74) is -0.103. The van der Waals surface area contributed by atoms with Crippen molar-refractivity contribution in [2.45, 2.75) is 26.3 Å². The van der Waals surface area contributed by atoms with E-state index in [4.69, 9.17) is 4.52 Å². The molecule has 0 saturated heterocycles. The van der Waals surface area contributed by atoms with Crippen molar-refractivity contribution in [3.63, 3.8) is 0 Å². The van der Waals surface area contributed by atoms with Gasteiger partial charge in [0.25, 0.3) is 5.91 Å². The molecule has 1 heterocycles. The fourth-order valence-corrected chi connectivity index (χ4v) is 2.57. The smallest absolute Gasteiger partial charge is 0.253 e. The number of carbonyl (C=O) groups is 1. The Morgan fingerprint density at radius 2 is 2.15 bits per heavy atom. The molecule has 7 heteroatoms. The van der Waals surface area contributed by atoms with Crippen molar-refractivity contribution in [1.82, 2.24) is 15.5 Å². The fourth-order valence-electron chi connectivity index (χ4n) is 1.63. The number of hydrogen-bond donors (Lipinski definition) is 1. The van der Waals surface area contributed by atoms with E-state index >= 15 is 0 Å². The predicted molar refractivity (Wildman–Crippen MR) is 86.4 cm³/mol. The van der Waals surface area contributed by atoms with Crippen LogP contribution in [0.3, 0.4) is 0 Å². The van der Waals surface area contributed by atoms with Crippen LogP contribution in [0.5, 0.6) is 0 Å². The number of aromatic nitrogens is 2. The van der Waals surface area contributed by atoms with E-state index in [1.807, 2.05) is 26.0 Å². The Bertz CT molecular complexity index is 655. The summed E-state index contributed by atoms with van der Waals surface area (Å²) in [5.74, 6) is 0.746. The number of nitrogens with one attached hydrogen (secondary N) is 1. The lowest BCUT2D eigenvalue weighted by Gasteiger charge is -2.22. The van der Waals surface area contributed by atoms with Gasteiger partial charge in [-0.05, 0) is 54.6 Å². The molecule has 0 aliphatic heterocycles. The second-order valence-electron chi connectivity index (χ2n) is 4.84. The highest BCUT2D eigenvalue weighted by Gasteiger charge is 2.29. The van der Waals surface area contributed by atoms with Crippen molar-refractivity contribution in [2.75, 3.05) is 0 Å². The minimum Gasteiger partial charge on any atom is -0.340 e. The molecule has 1 N–H and O–H groups in total. The van der Waals surface area contributed by atoms with Crippen molar-refractivity contribution in [1.29, 1.82) is 0 Å². The monoisotopic (exact) mass is 449 g/mol. The van der Waals surface area contributed by atoms with Gasteiger partial charge in [0.15, 0.2) is 5.82 Å². The molecule has 2 aromatic rings. The maximum Gasteiger partial charge on any atom is 0.253 e. The molecule has 0 aliphatic rings. The standard InChI is InChI=1S/C13H13BrIN3O2/c1-7-16-12(18-20-7)13(2,3)17-11(19)9-6-8(14)4-5-10(9)15/h4-6H,1-3H3,(H,17,19). The lowest BCUT2D eigenvalue weighted by Crippen LogP contribution is -2.42. The summed E-state index contributed by atoms with van der Waals surface area (Å²) in [4.78, 5) is 16.6. The number of aryl methyl sites for hydroxylation is 1. The van der Waals surface area contributed by atoms with Gasteiger partial charge in [-0.15, -0.1) is 0 Å². The molecule has 0 spiro atoms. The maximum absolute atomic E-state index is 12.4. The Morgan fingerprint density at radius 3 is 2.75 bits per heavy atom. The molecule has 0 radical (unpaired) electrons. The quantitative estimate of drug-likeness (QED) is 0.729. The Balaban J connectivity index is 2.24. The fraction of sp³-hybridized carbons (Fsp3) is 0.308. The number of amides is 1. The number of rotatable bonds is 3. The molecule has 20 heavy (non-hydrogen) atoms. The lowest BCUT2D eigenvalue weighted by atomic mass is 10.0. The molecule has 0 unspecified atom stereocenters. The van der Waals surface area contributed by atoms with Gasteiger partial charge >= 0.3 is 0 Å². The van der Waals surface area contributed by atoms with Crippen LogP contribution in [0.1, 0.15) is 35.9 Å². The molecule has 0 fully saturated rings. The summed E-state index contributed by atoms with van der Waals surface area (Å²) in [6.07, 6.45) is 0. The third-order valence-corrected chi connectivity index (χ3v) is 4.12. The molecule has 0 atom stereocenters. The van der Waals surface area contributed by atoms with Gasteiger partial charge in [-0.2, -0.15) is 4.98 Å². The maximum atomic E-state index is 12.4. The van der Waals surface area contributed by atoms with Gasteiger partial charge in [0.2, 0.25) is 5.89 Å². The zero-order valence-electron chi connectivity index (χ0n) is 11.2. The first-order valence-corrected chi connectivity index (χ1v) is 7.75. The largest absolute Gasteiger partial charge is 0.340 e. The highest BCUT2D eigenvalue weighted by molar-refractivity contribution is 14.1. The van der Waals surface area contributed by atoms with Gasteiger partial charge in [-0.3, -0.25) is 4.79 Å². The molecule has 0 saturated carbocycles. The van der Waals surface area contributed by atoms with Crippen molar-refractivity contribution in [3.8, 4) is 0 Å². The van der Waals surface area contributed by atoms with E-state index in [-0.39, 0.29) is 5.91 Å². The van der Waals surface area contributed by atoms with Crippen molar-refractivity contribution >= 4 is 44.4 Å². The zero-order chi connectivity index (χ0) is 14.9. The molecule has 5 nitrogen and oxygen atoms in total. The Hall–Kier alpha value is -0.960. The van der Waals surface area contributed by atoms with Crippen LogP contribution in [0.2, 0.25) is 0 Å². The first kappa shape index (κ1) is 15.4. The molecule has 1 amide bonds. The first-order chi connectivity index (χ1) is 9.29. The van der Waals surface area contributed by atoms with E-state index in [0.29, 0.717) is 17.3 Å². The topological polar surface area (TPSA) is 68.0 Å². The summed E-state index contributed by atoms with van der Waals surface area (Å²) in [7, 11) is 0. The summed E-state index contributed by atoms with van der Waals surface area (Å²) in [5, 5.41) is 6.78. The molecule has 0 bridgehead atoms. The minimum atomic E-state index is -0.708. The lowest BCUT2D eigenvalue weighted by molar-refractivity contribution is 0.0906. The van der Waals surface area contributed by atoms with E-state index in [1.165, 1.54) is 0 Å². The number of hydrogen-bond acceptors (Lipinski definition) is 4. The zero-order valence-corrected chi connectivity index (χ0v) is 14.9. The normalized spacial score (nSPS) is 11.4. The highest BCUT2D eigenvalue weighted by Crippen LogP contribution is 2.21. The SMILES string of the molecule is Cc1nc(C(C)(C)NC(=O)c2cc(Br)ccc2I)no1. The molecule has 106 valence electrons. The highest BCUT2D eigenvalue weighted by atomic mass is 127. The first-order valence-electron chi connectivity index (χ1n) is 5.88. The van der Waals surface area contributed by atoms with E-state index in [2.05, 4.69) is 54.0 Å². The van der Waals surface area contributed by atoms with Crippen LogP contribution in [0.15, 0.2) is 27.2 Å². The summed E-state index contributed by atoms with van der Waals surface area (Å²) in [6, 6.07) is 5.56. The Morgan fingerprint density at radius 1 is 1.45 bits per heavy atom. The average molecular weight is 450 g/mol. The predicted octanol–water partition coefficient (Wildman–Crippen LogP) is 3.41.